The zero-order valence-electron chi connectivity index (χ0n) is 10.1. The lowest BCUT2D eigenvalue weighted by Gasteiger charge is -2.09. The molecule has 104 valence electrons. The molecule has 1 aromatic carbocycles. The van der Waals surface area contributed by atoms with E-state index >= 15 is 0 Å². The fourth-order valence-electron chi connectivity index (χ4n) is 1.81. The van der Waals surface area contributed by atoms with Crippen LogP contribution in [0.3, 0.4) is 0 Å². The minimum absolute atomic E-state index is 0.262. The van der Waals surface area contributed by atoms with Crippen molar-refractivity contribution in [2.45, 2.75) is 18.8 Å². The van der Waals surface area contributed by atoms with E-state index in [9.17, 15) is 13.2 Å². The molecule has 0 bridgehead atoms. The second-order valence-electron chi connectivity index (χ2n) is 4.58. The van der Waals surface area contributed by atoms with Crippen LogP contribution >= 0.6 is 15.9 Å². The second-order valence-corrected chi connectivity index (χ2v) is 5.39. The van der Waals surface area contributed by atoms with Crippen LogP contribution in [0.1, 0.15) is 24.6 Å². The third kappa shape index (κ3) is 2.77. The van der Waals surface area contributed by atoms with Gasteiger partial charge in [-0.15, -0.1) is 0 Å². The fourth-order valence-corrected chi connectivity index (χ4v) is 2.21. The predicted octanol–water partition coefficient (Wildman–Crippen LogP) is 4.28. The van der Waals surface area contributed by atoms with Crippen LogP contribution in [0.15, 0.2) is 22.8 Å². The molecule has 2 aromatic rings. The Bertz CT molecular complexity index is 651. The summed E-state index contributed by atoms with van der Waals surface area (Å²) in [4.78, 5) is 8.43. The number of rotatable bonds is 3. The van der Waals surface area contributed by atoms with Crippen LogP contribution in [-0.4, -0.2) is 9.97 Å². The molecule has 1 aromatic heterocycles. The van der Waals surface area contributed by atoms with E-state index in [1.807, 2.05) is 0 Å². The Morgan fingerprint density at radius 1 is 1.05 bits per heavy atom. The van der Waals surface area contributed by atoms with Gasteiger partial charge in [-0.3, -0.25) is 0 Å². The minimum atomic E-state index is -1.01. The molecule has 0 radical (unpaired) electrons. The van der Waals surface area contributed by atoms with Crippen LogP contribution < -0.4 is 5.32 Å². The number of benzene rings is 1. The fraction of sp³-hybridized carbons (Fsp3) is 0.231. The van der Waals surface area contributed by atoms with Crippen molar-refractivity contribution >= 4 is 27.4 Å². The first-order valence-electron chi connectivity index (χ1n) is 5.99. The van der Waals surface area contributed by atoms with Crippen molar-refractivity contribution in [2.24, 2.45) is 0 Å². The number of anilines is 2. The number of hydrogen-bond acceptors (Lipinski definition) is 3. The van der Waals surface area contributed by atoms with Crippen LogP contribution in [0.4, 0.5) is 24.7 Å². The van der Waals surface area contributed by atoms with Gasteiger partial charge in [0.2, 0.25) is 0 Å². The summed E-state index contributed by atoms with van der Waals surface area (Å²) in [7, 11) is 0. The van der Waals surface area contributed by atoms with Crippen LogP contribution in [0.2, 0.25) is 0 Å². The van der Waals surface area contributed by atoms with Gasteiger partial charge in [-0.25, -0.2) is 23.1 Å². The maximum Gasteiger partial charge on any atom is 0.152 e. The summed E-state index contributed by atoms with van der Waals surface area (Å²) in [6.07, 6.45) is 2.02. The van der Waals surface area contributed by atoms with Crippen molar-refractivity contribution in [3.8, 4) is 0 Å². The number of hydrogen-bond donors (Lipinski definition) is 1. The van der Waals surface area contributed by atoms with Crippen molar-refractivity contribution in [3.05, 3.63) is 46.1 Å². The van der Waals surface area contributed by atoms with Crippen molar-refractivity contribution in [2.75, 3.05) is 5.32 Å². The Labute approximate surface area is 121 Å². The molecule has 1 heterocycles. The first-order chi connectivity index (χ1) is 9.52. The maximum atomic E-state index is 13.6. The summed E-state index contributed by atoms with van der Waals surface area (Å²) < 4.78 is 40.5. The third-order valence-electron chi connectivity index (χ3n) is 2.91. The van der Waals surface area contributed by atoms with Crippen LogP contribution in [-0.2, 0) is 0 Å². The Morgan fingerprint density at radius 2 is 1.70 bits per heavy atom. The average molecular weight is 344 g/mol. The summed E-state index contributed by atoms with van der Waals surface area (Å²) in [6, 6.07) is 2.74. The quantitative estimate of drug-likeness (QED) is 0.845. The van der Waals surface area contributed by atoms with Crippen molar-refractivity contribution in [1.29, 1.82) is 0 Å². The maximum absolute atomic E-state index is 13.6. The van der Waals surface area contributed by atoms with Crippen molar-refractivity contribution in [1.82, 2.24) is 9.97 Å². The summed E-state index contributed by atoms with van der Waals surface area (Å²) in [5.74, 6) is -1.79. The Morgan fingerprint density at radius 3 is 2.30 bits per heavy atom. The zero-order chi connectivity index (χ0) is 14.3. The van der Waals surface area contributed by atoms with E-state index in [0.29, 0.717) is 28.5 Å². The van der Waals surface area contributed by atoms with Crippen LogP contribution in [0, 0.1) is 17.5 Å². The number of nitrogens with one attached hydrogen (secondary N) is 1. The van der Waals surface area contributed by atoms with Gasteiger partial charge in [0.05, 0.1) is 0 Å². The summed E-state index contributed by atoms with van der Waals surface area (Å²) in [5, 5.41) is 2.53. The van der Waals surface area contributed by atoms with E-state index in [-0.39, 0.29) is 5.82 Å². The average Bonchev–Trinajstić information content (AvgIpc) is 3.17. The van der Waals surface area contributed by atoms with Gasteiger partial charge in [0.25, 0.3) is 0 Å². The highest BCUT2D eigenvalue weighted by molar-refractivity contribution is 9.10. The lowest BCUT2D eigenvalue weighted by molar-refractivity contribution is 0.548. The predicted molar refractivity (Wildman–Crippen MR) is 71.3 cm³/mol. The summed E-state index contributed by atoms with van der Waals surface area (Å²) in [5.41, 5.74) is -0.432. The highest BCUT2D eigenvalue weighted by Crippen LogP contribution is 2.39. The van der Waals surface area contributed by atoms with E-state index in [4.69, 9.17) is 0 Å². The van der Waals surface area contributed by atoms with E-state index in [0.717, 1.165) is 12.8 Å². The molecule has 1 aliphatic rings. The van der Waals surface area contributed by atoms with Gasteiger partial charge in [0.1, 0.15) is 27.8 Å². The Kier molecular flexibility index (Phi) is 3.37. The van der Waals surface area contributed by atoms with Gasteiger partial charge in [0, 0.05) is 24.1 Å². The molecule has 1 aliphatic carbocycles. The highest BCUT2D eigenvalue weighted by atomic mass is 79.9. The lowest BCUT2D eigenvalue weighted by Crippen LogP contribution is -2.03. The largest absolute Gasteiger partial charge is 0.335 e. The van der Waals surface area contributed by atoms with Crippen LogP contribution in [0.25, 0.3) is 0 Å². The normalized spacial score (nSPS) is 14.4. The monoisotopic (exact) mass is 343 g/mol. The second kappa shape index (κ2) is 5.05. The third-order valence-corrected chi connectivity index (χ3v) is 3.32. The first-order valence-corrected chi connectivity index (χ1v) is 6.78. The van der Waals surface area contributed by atoms with Gasteiger partial charge in [0.15, 0.2) is 11.6 Å². The standard InChI is InChI=1S/C13H9BrF3N3/c14-10-5-11(20-13(18-10)6-1-2-6)19-12-8(16)3-7(15)4-9(12)17/h3-6H,1-2H2,(H,18,19,20). The molecular formula is C13H9BrF3N3. The van der Waals surface area contributed by atoms with Gasteiger partial charge in [-0.05, 0) is 28.8 Å². The molecule has 0 aliphatic heterocycles. The molecule has 1 N–H and O–H groups in total. The van der Waals surface area contributed by atoms with Gasteiger partial charge >= 0.3 is 0 Å². The number of nitrogens with zero attached hydrogens (tertiary/aromatic N) is 2. The molecule has 0 atom stereocenters. The number of halogens is 4. The van der Waals surface area contributed by atoms with Crippen LogP contribution in [0.5, 0.6) is 0 Å². The zero-order valence-corrected chi connectivity index (χ0v) is 11.7. The molecule has 3 rings (SSSR count). The molecule has 7 heteroatoms. The molecule has 20 heavy (non-hydrogen) atoms. The molecular weight excluding hydrogens is 335 g/mol. The Hall–Kier alpha value is -1.63. The van der Waals surface area contributed by atoms with Gasteiger partial charge < -0.3 is 5.32 Å². The van der Waals surface area contributed by atoms with E-state index in [1.165, 1.54) is 6.07 Å². The molecule has 0 unspecified atom stereocenters. The summed E-state index contributed by atoms with van der Waals surface area (Å²) >= 11 is 3.23. The van der Waals surface area contributed by atoms with E-state index in [2.05, 4.69) is 31.2 Å². The molecule has 0 amide bonds. The smallest absolute Gasteiger partial charge is 0.152 e. The highest BCUT2D eigenvalue weighted by Gasteiger charge is 2.27. The first kappa shape index (κ1) is 13.4. The SMILES string of the molecule is Fc1cc(F)c(Nc2cc(Br)nc(C3CC3)n2)c(F)c1. The van der Waals surface area contributed by atoms with Gasteiger partial charge in [-0.2, -0.15) is 0 Å². The van der Waals surface area contributed by atoms with E-state index < -0.39 is 23.1 Å². The minimum Gasteiger partial charge on any atom is -0.335 e. The number of aromatic nitrogens is 2. The van der Waals surface area contributed by atoms with Crippen molar-refractivity contribution in [3.63, 3.8) is 0 Å². The summed E-state index contributed by atoms with van der Waals surface area (Å²) in [6.45, 7) is 0. The van der Waals surface area contributed by atoms with Gasteiger partial charge in [-0.1, -0.05) is 0 Å². The van der Waals surface area contributed by atoms with E-state index in [1.54, 1.807) is 0 Å². The molecule has 0 saturated heterocycles. The molecule has 1 saturated carbocycles. The molecule has 3 nitrogen and oxygen atoms in total. The molecule has 0 spiro atoms. The lowest BCUT2D eigenvalue weighted by atomic mass is 10.2. The Balaban J connectivity index is 1.95. The van der Waals surface area contributed by atoms with Crippen molar-refractivity contribution < 1.29 is 13.2 Å². The molecule has 1 fully saturated rings. The topological polar surface area (TPSA) is 37.8 Å².